The predicted molar refractivity (Wildman–Crippen MR) is 54.7 cm³/mol. The van der Waals surface area contributed by atoms with E-state index in [9.17, 15) is 5.11 Å². The second-order valence-corrected chi connectivity index (χ2v) is 4.05. The fraction of sp³-hybridized carbons (Fsp3) is 0.200. The standard InChI is InChI=1S/C10H9BrN2O2/c1-6-4-3-5-7(2)8(6)13-9(11)10(14)15-12-13/h3-5H,1-2H3. The summed E-state index contributed by atoms with van der Waals surface area (Å²) in [5.74, 6) is -0.474. The van der Waals surface area contributed by atoms with E-state index in [0.717, 1.165) is 16.8 Å². The van der Waals surface area contributed by atoms with E-state index in [2.05, 4.69) is 25.7 Å². The zero-order chi connectivity index (χ0) is 11.0. The van der Waals surface area contributed by atoms with Crippen LogP contribution in [0.15, 0.2) is 27.3 Å². The minimum Gasteiger partial charge on any atom is -0.538 e. The molecule has 78 valence electrons. The van der Waals surface area contributed by atoms with Gasteiger partial charge in [-0.25, -0.2) is 0 Å². The second-order valence-electron chi connectivity index (χ2n) is 3.30. The molecule has 0 bridgehead atoms. The Labute approximate surface area is 95.2 Å². The molecule has 0 saturated carbocycles. The highest BCUT2D eigenvalue weighted by atomic mass is 79.9. The molecule has 0 spiro atoms. The van der Waals surface area contributed by atoms with Crippen LogP contribution in [0.4, 0.5) is 0 Å². The second kappa shape index (κ2) is 3.66. The smallest absolute Gasteiger partial charge is 0.305 e. The van der Waals surface area contributed by atoms with Crippen molar-refractivity contribution < 1.29 is 14.3 Å². The van der Waals surface area contributed by atoms with Crippen molar-refractivity contribution in [3.8, 4) is 11.6 Å². The highest BCUT2D eigenvalue weighted by Crippen LogP contribution is 2.20. The van der Waals surface area contributed by atoms with Gasteiger partial charge in [-0.3, -0.25) is 0 Å². The molecule has 0 fully saturated rings. The lowest BCUT2D eigenvalue weighted by Crippen LogP contribution is -2.35. The fourth-order valence-electron chi connectivity index (χ4n) is 1.52. The number of hydrogen-bond donors (Lipinski definition) is 0. The molecule has 1 aromatic carbocycles. The average Bonchev–Trinajstić information content (AvgIpc) is 2.49. The van der Waals surface area contributed by atoms with Crippen LogP contribution in [0.3, 0.4) is 0 Å². The van der Waals surface area contributed by atoms with Gasteiger partial charge in [-0.1, -0.05) is 18.2 Å². The number of aryl methyl sites for hydroxylation is 2. The zero-order valence-electron chi connectivity index (χ0n) is 8.32. The van der Waals surface area contributed by atoms with Crippen molar-refractivity contribution in [2.45, 2.75) is 13.8 Å². The number of nitrogens with zero attached hydrogens (tertiary/aromatic N) is 2. The Morgan fingerprint density at radius 1 is 1.33 bits per heavy atom. The van der Waals surface area contributed by atoms with Crippen molar-refractivity contribution in [3.05, 3.63) is 33.9 Å². The van der Waals surface area contributed by atoms with Crippen LogP contribution in [-0.4, -0.2) is 5.27 Å². The summed E-state index contributed by atoms with van der Waals surface area (Å²) >= 11 is 3.15. The summed E-state index contributed by atoms with van der Waals surface area (Å²) in [4.78, 5) is 0. The monoisotopic (exact) mass is 268 g/mol. The summed E-state index contributed by atoms with van der Waals surface area (Å²) < 4.78 is 6.34. The zero-order valence-corrected chi connectivity index (χ0v) is 9.91. The molecule has 1 aromatic heterocycles. The van der Waals surface area contributed by atoms with Crippen LogP contribution in [0.25, 0.3) is 5.69 Å². The lowest BCUT2D eigenvalue weighted by molar-refractivity contribution is -0.681. The minimum absolute atomic E-state index is 0.305. The van der Waals surface area contributed by atoms with Gasteiger partial charge in [0.25, 0.3) is 0 Å². The van der Waals surface area contributed by atoms with Crippen LogP contribution < -0.4 is 9.79 Å². The number of benzene rings is 1. The molecule has 0 N–H and O–H groups in total. The van der Waals surface area contributed by atoms with Crippen molar-refractivity contribution in [2.24, 2.45) is 0 Å². The van der Waals surface area contributed by atoms with Crippen molar-refractivity contribution in [1.29, 1.82) is 0 Å². The van der Waals surface area contributed by atoms with Gasteiger partial charge in [0.15, 0.2) is 5.95 Å². The molecule has 2 aromatic rings. The maximum Gasteiger partial charge on any atom is 0.305 e. The van der Waals surface area contributed by atoms with Gasteiger partial charge in [0.2, 0.25) is 5.69 Å². The summed E-state index contributed by atoms with van der Waals surface area (Å²) in [5.41, 5.74) is 2.94. The quantitative estimate of drug-likeness (QED) is 0.735. The Bertz CT molecular complexity index is 488. The maximum absolute atomic E-state index is 11.1. The molecule has 4 nitrogen and oxygen atoms in total. The Morgan fingerprint density at radius 2 is 1.93 bits per heavy atom. The van der Waals surface area contributed by atoms with E-state index in [-0.39, 0.29) is 0 Å². The van der Waals surface area contributed by atoms with E-state index in [1.807, 2.05) is 32.0 Å². The van der Waals surface area contributed by atoms with Gasteiger partial charge in [-0.05, 0) is 18.5 Å². The molecule has 0 amide bonds. The van der Waals surface area contributed by atoms with Crippen molar-refractivity contribution in [3.63, 3.8) is 0 Å². The molecule has 2 rings (SSSR count). The Kier molecular flexibility index (Phi) is 2.48. The molecule has 0 unspecified atom stereocenters. The van der Waals surface area contributed by atoms with E-state index >= 15 is 0 Å². The number of halogens is 1. The Hall–Kier alpha value is -1.36. The third kappa shape index (κ3) is 1.63. The van der Waals surface area contributed by atoms with E-state index in [4.69, 9.17) is 0 Å². The van der Waals surface area contributed by atoms with Crippen LogP contribution in [0.5, 0.6) is 5.95 Å². The number of para-hydroxylation sites is 1. The Morgan fingerprint density at radius 3 is 2.40 bits per heavy atom. The predicted octanol–water partition coefficient (Wildman–Crippen LogP) is 1.40. The van der Waals surface area contributed by atoms with Crippen molar-refractivity contribution in [2.75, 3.05) is 0 Å². The molecule has 1 heterocycles. The molecule has 0 aliphatic carbocycles. The lowest BCUT2D eigenvalue weighted by atomic mass is 10.1. The first kappa shape index (κ1) is 10.2. The Balaban J connectivity index is 2.69. The van der Waals surface area contributed by atoms with Gasteiger partial charge >= 0.3 is 4.60 Å². The van der Waals surface area contributed by atoms with Crippen LogP contribution in [0, 0.1) is 13.8 Å². The van der Waals surface area contributed by atoms with E-state index in [1.165, 1.54) is 4.68 Å². The third-order valence-corrected chi connectivity index (χ3v) is 2.87. The minimum atomic E-state index is -0.474. The molecule has 5 heteroatoms. The summed E-state index contributed by atoms with van der Waals surface area (Å²) in [6.07, 6.45) is 0. The molecule has 0 aliphatic heterocycles. The summed E-state index contributed by atoms with van der Waals surface area (Å²) in [6.45, 7) is 3.92. The van der Waals surface area contributed by atoms with Gasteiger partial charge in [0, 0.05) is 27.1 Å². The molecule has 15 heavy (non-hydrogen) atoms. The van der Waals surface area contributed by atoms with E-state index < -0.39 is 5.95 Å². The first-order valence-corrected chi connectivity index (χ1v) is 5.21. The molecule has 0 radical (unpaired) electrons. The van der Waals surface area contributed by atoms with Gasteiger partial charge in [0.1, 0.15) is 0 Å². The molecular weight excluding hydrogens is 260 g/mol. The van der Waals surface area contributed by atoms with E-state index in [1.54, 1.807) is 0 Å². The van der Waals surface area contributed by atoms with Crippen LogP contribution in [0.2, 0.25) is 0 Å². The molecular formula is C10H9BrN2O2. The first-order valence-electron chi connectivity index (χ1n) is 4.42. The summed E-state index contributed by atoms with van der Waals surface area (Å²) in [7, 11) is 0. The molecule has 0 atom stereocenters. The number of aromatic nitrogens is 2. The largest absolute Gasteiger partial charge is 0.538 e. The summed E-state index contributed by atoms with van der Waals surface area (Å²) in [6, 6.07) is 5.88. The number of hydrogen-bond acceptors (Lipinski definition) is 3. The van der Waals surface area contributed by atoms with Gasteiger partial charge in [-0.2, -0.15) is 0 Å². The maximum atomic E-state index is 11.1. The van der Waals surface area contributed by atoms with Gasteiger partial charge in [-0.15, -0.1) is 0 Å². The normalized spacial score (nSPS) is 10.6. The van der Waals surface area contributed by atoms with Gasteiger partial charge < -0.3 is 9.63 Å². The van der Waals surface area contributed by atoms with Crippen molar-refractivity contribution in [1.82, 2.24) is 5.27 Å². The third-order valence-electron chi connectivity index (χ3n) is 2.21. The highest BCUT2D eigenvalue weighted by Gasteiger charge is 2.21. The SMILES string of the molecule is Cc1cccc(C)c1-[n+]1noc([O-])c1Br. The fourth-order valence-corrected chi connectivity index (χ4v) is 1.83. The highest BCUT2D eigenvalue weighted by molar-refractivity contribution is 9.10. The first-order chi connectivity index (χ1) is 7.11. The van der Waals surface area contributed by atoms with Gasteiger partial charge in [0.05, 0.1) is 5.27 Å². The lowest BCUT2D eigenvalue weighted by Gasteiger charge is -1.99. The molecule has 0 saturated heterocycles. The average molecular weight is 269 g/mol. The topological polar surface area (TPSA) is 53.0 Å². The van der Waals surface area contributed by atoms with Crippen LogP contribution in [0.1, 0.15) is 11.1 Å². The van der Waals surface area contributed by atoms with Crippen molar-refractivity contribution >= 4 is 15.9 Å². The number of rotatable bonds is 1. The molecule has 0 aliphatic rings. The van der Waals surface area contributed by atoms with Crippen LogP contribution in [-0.2, 0) is 0 Å². The van der Waals surface area contributed by atoms with E-state index in [0.29, 0.717) is 4.60 Å². The van der Waals surface area contributed by atoms with Crippen LogP contribution >= 0.6 is 15.9 Å². The summed E-state index contributed by atoms with van der Waals surface area (Å²) in [5, 5.41) is 14.8.